The van der Waals surface area contributed by atoms with Gasteiger partial charge in [-0.3, -0.25) is 4.79 Å². The van der Waals surface area contributed by atoms with Crippen LogP contribution in [0.1, 0.15) is 33.6 Å². The minimum atomic E-state index is -0.111. The molecule has 0 saturated carbocycles. The lowest BCUT2D eigenvalue weighted by atomic mass is 9.95. The van der Waals surface area contributed by atoms with Crippen LogP contribution in [0, 0.1) is 11.8 Å². The highest BCUT2D eigenvalue weighted by atomic mass is 16.5. The van der Waals surface area contributed by atoms with Gasteiger partial charge in [-0.15, -0.1) is 0 Å². The molecule has 0 rings (SSSR count). The van der Waals surface area contributed by atoms with E-state index in [1.807, 2.05) is 6.92 Å². The predicted octanol–water partition coefficient (Wildman–Crippen LogP) is 2.79. The Balaban J connectivity index is 3.74. The lowest BCUT2D eigenvalue weighted by molar-refractivity contribution is -0.147. The van der Waals surface area contributed by atoms with Crippen LogP contribution >= 0.6 is 0 Å². The smallest absolute Gasteiger partial charge is 0.308 e. The summed E-state index contributed by atoms with van der Waals surface area (Å²) in [7, 11) is 0. The summed E-state index contributed by atoms with van der Waals surface area (Å²) in [6.07, 6.45) is 3.61. The zero-order valence-electron chi connectivity index (χ0n) is 8.88. The van der Waals surface area contributed by atoms with Crippen LogP contribution in [0.3, 0.4) is 0 Å². The van der Waals surface area contributed by atoms with E-state index in [1.54, 1.807) is 6.08 Å². The van der Waals surface area contributed by atoms with Gasteiger partial charge in [-0.1, -0.05) is 39.8 Å². The molecular weight excluding hydrogens is 164 g/mol. The van der Waals surface area contributed by atoms with E-state index in [2.05, 4.69) is 20.4 Å². The topological polar surface area (TPSA) is 26.3 Å². The molecule has 0 aliphatic rings. The van der Waals surface area contributed by atoms with Crippen molar-refractivity contribution in [2.24, 2.45) is 11.8 Å². The van der Waals surface area contributed by atoms with Crippen LogP contribution in [0.15, 0.2) is 12.7 Å². The van der Waals surface area contributed by atoms with Crippen LogP contribution in [-0.4, -0.2) is 12.6 Å². The van der Waals surface area contributed by atoms with Gasteiger partial charge >= 0.3 is 5.97 Å². The Morgan fingerprint density at radius 1 is 1.54 bits per heavy atom. The molecule has 0 radical (unpaired) electrons. The number of hydrogen-bond donors (Lipinski definition) is 0. The van der Waals surface area contributed by atoms with Crippen LogP contribution in [0.2, 0.25) is 0 Å². The SMILES string of the molecule is C=CCOC(=O)C(C)CC(C)CC. The lowest BCUT2D eigenvalue weighted by Crippen LogP contribution is -2.17. The normalized spacial score (nSPS) is 14.7. The maximum absolute atomic E-state index is 11.3. The van der Waals surface area contributed by atoms with Gasteiger partial charge in [0.25, 0.3) is 0 Å². The third-order valence-corrected chi connectivity index (χ3v) is 2.20. The first-order valence-electron chi connectivity index (χ1n) is 4.89. The van der Waals surface area contributed by atoms with Crippen LogP contribution in [0.4, 0.5) is 0 Å². The average Bonchev–Trinajstić information content (AvgIpc) is 2.13. The Morgan fingerprint density at radius 3 is 2.62 bits per heavy atom. The van der Waals surface area contributed by atoms with Crippen molar-refractivity contribution in [1.29, 1.82) is 0 Å². The summed E-state index contributed by atoms with van der Waals surface area (Å²) >= 11 is 0. The maximum Gasteiger partial charge on any atom is 0.308 e. The van der Waals surface area contributed by atoms with E-state index in [0.717, 1.165) is 12.8 Å². The fourth-order valence-electron chi connectivity index (χ4n) is 1.15. The predicted molar refractivity (Wildman–Crippen MR) is 54.4 cm³/mol. The number of rotatable bonds is 6. The Bertz CT molecular complexity index is 163. The molecule has 76 valence electrons. The molecule has 0 fully saturated rings. The van der Waals surface area contributed by atoms with Crippen LogP contribution in [0.25, 0.3) is 0 Å². The van der Waals surface area contributed by atoms with Crippen molar-refractivity contribution in [1.82, 2.24) is 0 Å². The number of ether oxygens (including phenoxy) is 1. The van der Waals surface area contributed by atoms with E-state index in [4.69, 9.17) is 4.74 Å². The molecule has 0 bridgehead atoms. The van der Waals surface area contributed by atoms with Crippen LogP contribution in [0.5, 0.6) is 0 Å². The van der Waals surface area contributed by atoms with Gasteiger partial charge in [-0.2, -0.15) is 0 Å². The summed E-state index contributed by atoms with van der Waals surface area (Å²) in [5.74, 6) is 0.487. The molecule has 0 N–H and O–H groups in total. The highest BCUT2D eigenvalue weighted by molar-refractivity contribution is 5.72. The van der Waals surface area contributed by atoms with Gasteiger partial charge in [0.05, 0.1) is 5.92 Å². The summed E-state index contributed by atoms with van der Waals surface area (Å²) in [6, 6.07) is 0. The number of esters is 1. The molecule has 0 aromatic carbocycles. The first-order valence-corrected chi connectivity index (χ1v) is 4.89. The van der Waals surface area contributed by atoms with Gasteiger partial charge in [0.15, 0.2) is 0 Å². The second-order valence-electron chi connectivity index (χ2n) is 3.57. The Morgan fingerprint density at radius 2 is 2.15 bits per heavy atom. The molecule has 2 unspecified atom stereocenters. The standard InChI is InChI=1S/C11H20O2/c1-5-7-13-11(12)10(4)8-9(3)6-2/h5,9-10H,1,6-8H2,2-4H3. The molecular formula is C11H20O2. The lowest BCUT2D eigenvalue weighted by Gasteiger charge is -2.14. The summed E-state index contributed by atoms with van der Waals surface area (Å²) in [4.78, 5) is 11.3. The van der Waals surface area contributed by atoms with Crippen molar-refractivity contribution in [3.05, 3.63) is 12.7 Å². The highest BCUT2D eigenvalue weighted by Crippen LogP contribution is 2.15. The van der Waals surface area contributed by atoms with E-state index >= 15 is 0 Å². The molecule has 2 nitrogen and oxygen atoms in total. The number of carbonyl (C=O) groups excluding carboxylic acids is 1. The molecule has 13 heavy (non-hydrogen) atoms. The van der Waals surface area contributed by atoms with Crippen LogP contribution in [-0.2, 0) is 9.53 Å². The van der Waals surface area contributed by atoms with Gasteiger partial charge < -0.3 is 4.74 Å². The van der Waals surface area contributed by atoms with E-state index in [9.17, 15) is 4.79 Å². The third kappa shape index (κ3) is 5.45. The monoisotopic (exact) mass is 184 g/mol. The minimum Gasteiger partial charge on any atom is -0.461 e. The average molecular weight is 184 g/mol. The quantitative estimate of drug-likeness (QED) is 0.468. The largest absolute Gasteiger partial charge is 0.461 e. The van der Waals surface area contributed by atoms with Gasteiger partial charge in [-0.25, -0.2) is 0 Å². The van der Waals surface area contributed by atoms with Crippen molar-refractivity contribution < 1.29 is 9.53 Å². The first-order chi connectivity index (χ1) is 6.11. The van der Waals surface area contributed by atoms with E-state index in [0.29, 0.717) is 12.5 Å². The molecule has 0 aliphatic heterocycles. The van der Waals surface area contributed by atoms with E-state index < -0.39 is 0 Å². The van der Waals surface area contributed by atoms with Gasteiger partial charge in [0.2, 0.25) is 0 Å². The Hall–Kier alpha value is -0.790. The zero-order chi connectivity index (χ0) is 10.3. The molecule has 0 heterocycles. The summed E-state index contributed by atoms with van der Waals surface area (Å²) in [5.41, 5.74) is 0. The number of carbonyl (C=O) groups is 1. The zero-order valence-corrected chi connectivity index (χ0v) is 8.88. The molecule has 0 aliphatic carbocycles. The molecule has 0 saturated heterocycles. The van der Waals surface area contributed by atoms with Gasteiger partial charge in [-0.05, 0) is 12.3 Å². The summed E-state index contributed by atoms with van der Waals surface area (Å²) < 4.78 is 4.94. The Kier molecular flexibility index (Phi) is 6.29. The van der Waals surface area contributed by atoms with Gasteiger partial charge in [0, 0.05) is 0 Å². The van der Waals surface area contributed by atoms with Crippen molar-refractivity contribution >= 4 is 5.97 Å². The molecule has 2 heteroatoms. The maximum atomic E-state index is 11.3. The molecule has 0 amide bonds. The van der Waals surface area contributed by atoms with Crippen LogP contribution < -0.4 is 0 Å². The molecule has 0 aromatic heterocycles. The van der Waals surface area contributed by atoms with Gasteiger partial charge in [0.1, 0.15) is 6.61 Å². The fraction of sp³-hybridized carbons (Fsp3) is 0.727. The second-order valence-corrected chi connectivity index (χ2v) is 3.57. The first kappa shape index (κ1) is 12.2. The third-order valence-electron chi connectivity index (χ3n) is 2.20. The summed E-state index contributed by atoms with van der Waals surface area (Å²) in [6.45, 7) is 10.0. The Labute approximate surface area is 81.0 Å². The number of hydrogen-bond acceptors (Lipinski definition) is 2. The van der Waals surface area contributed by atoms with Crippen molar-refractivity contribution in [3.63, 3.8) is 0 Å². The van der Waals surface area contributed by atoms with Crippen molar-refractivity contribution in [2.45, 2.75) is 33.6 Å². The molecule has 0 spiro atoms. The highest BCUT2D eigenvalue weighted by Gasteiger charge is 2.16. The fourth-order valence-corrected chi connectivity index (χ4v) is 1.15. The summed E-state index contributed by atoms with van der Waals surface area (Å²) in [5, 5.41) is 0. The molecule has 0 aromatic rings. The van der Waals surface area contributed by atoms with E-state index in [1.165, 1.54) is 0 Å². The minimum absolute atomic E-state index is 0.00917. The second kappa shape index (κ2) is 6.70. The molecule has 2 atom stereocenters. The van der Waals surface area contributed by atoms with Crippen molar-refractivity contribution in [2.75, 3.05) is 6.61 Å². The van der Waals surface area contributed by atoms with Crippen molar-refractivity contribution in [3.8, 4) is 0 Å². The van der Waals surface area contributed by atoms with E-state index in [-0.39, 0.29) is 11.9 Å².